The fourth-order valence-corrected chi connectivity index (χ4v) is 5.16. The Kier molecular flexibility index (Phi) is 5.70. The number of phenols is 1. The van der Waals surface area contributed by atoms with E-state index in [1.807, 2.05) is 6.92 Å². The average Bonchev–Trinajstić information content (AvgIpc) is 3.10. The number of phenolic OH excluding ortho intramolecular Hbond substituents is 1. The second kappa shape index (κ2) is 8.45. The Bertz CT molecular complexity index is 1570. The van der Waals surface area contributed by atoms with E-state index in [2.05, 4.69) is 31.9 Å². The third-order valence-corrected chi connectivity index (χ3v) is 7.36. The van der Waals surface area contributed by atoms with Crippen LogP contribution in [0.2, 0.25) is 5.02 Å². The minimum Gasteiger partial charge on any atom is -0.503 e. The number of fused-ring (bicyclic) bond motifs is 2. The van der Waals surface area contributed by atoms with Gasteiger partial charge in [0.2, 0.25) is 5.76 Å². The van der Waals surface area contributed by atoms with Crippen LogP contribution in [0.15, 0.2) is 66.7 Å². The van der Waals surface area contributed by atoms with E-state index in [9.17, 15) is 14.7 Å². The summed E-state index contributed by atoms with van der Waals surface area (Å²) >= 11 is 13.1. The molecule has 1 amide bonds. The number of halogens is 3. The topological polar surface area (TPSA) is 80.0 Å². The van der Waals surface area contributed by atoms with Crippen LogP contribution in [0.1, 0.15) is 33.3 Å². The van der Waals surface area contributed by atoms with Crippen LogP contribution in [0, 0.1) is 6.92 Å². The Hall–Kier alpha value is -2.81. The fourth-order valence-electron chi connectivity index (χ4n) is 4.17. The molecule has 172 valence electrons. The Labute approximate surface area is 216 Å². The number of nitrogens with zero attached hydrogens (tertiary/aromatic N) is 1. The van der Waals surface area contributed by atoms with Crippen molar-refractivity contribution >= 4 is 66.0 Å². The predicted octanol–water partition coefficient (Wildman–Crippen LogP) is 6.74. The molecule has 0 saturated carbocycles. The lowest BCUT2D eigenvalue weighted by Gasteiger charge is -2.26. The molecule has 2 heterocycles. The van der Waals surface area contributed by atoms with Gasteiger partial charge in [0.25, 0.3) is 5.91 Å². The molecule has 1 aliphatic heterocycles. The van der Waals surface area contributed by atoms with E-state index in [0.717, 1.165) is 5.56 Å². The number of carbonyl (C=O) groups is 1. The highest BCUT2D eigenvalue weighted by atomic mass is 79.9. The number of hydrogen-bond donors (Lipinski definition) is 1. The van der Waals surface area contributed by atoms with Crippen molar-refractivity contribution in [3.63, 3.8) is 0 Å². The maximum absolute atomic E-state index is 13.7. The normalized spacial score (nSPS) is 15.1. The summed E-state index contributed by atoms with van der Waals surface area (Å²) in [6, 6.07) is 12.7. The van der Waals surface area contributed by atoms with Crippen molar-refractivity contribution in [1.82, 2.24) is 0 Å². The molecule has 4 aromatic rings. The minimum absolute atomic E-state index is 0.0373. The SMILES string of the molecule is COc1cc(C2c3c(oc4ccc(Br)cc4c3=O)C(=O)N2c2ccc(C)c(Cl)c2)cc(Br)c1O. The van der Waals surface area contributed by atoms with Gasteiger partial charge in [0.05, 0.1) is 28.6 Å². The highest BCUT2D eigenvalue weighted by Gasteiger charge is 2.44. The monoisotopic (exact) mass is 603 g/mol. The number of hydrogen-bond acceptors (Lipinski definition) is 5. The van der Waals surface area contributed by atoms with Gasteiger partial charge in [0.1, 0.15) is 5.58 Å². The molecule has 1 N–H and O–H groups in total. The van der Waals surface area contributed by atoms with Crippen molar-refractivity contribution in [1.29, 1.82) is 0 Å². The first-order valence-corrected chi connectivity index (χ1v) is 12.1. The summed E-state index contributed by atoms with van der Waals surface area (Å²) in [5.74, 6) is -0.398. The van der Waals surface area contributed by atoms with Crippen molar-refractivity contribution in [3.8, 4) is 11.5 Å². The van der Waals surface area contributed by atoms with Crippen molar-refractivity contribution in [2.24, 2.45) is 0 Å². The van der Waals surface area contributed by atoms with E-state index in [1.165, 1.54) is 12.0 Å². The Morgan fingerprint density at radius 2 is 1.85 bits per heavy atom. The molecule has 0 aliphatic carbocycles. The fraction of sp³-hybridized carbons (Fsp3) is 0.120. The molecule has 1 unspecified atom stereocenters. The van der Waals surface area contributed by atoms with Crippen LogP contribution in [-0.2, 0) is 0 Å². The zero-order chi connectivity index (χ0) is 24.3. The van der Waals surface area contributed by atoms with Gasteiger partial charge in [-0.05, 0) is 76.4 Å². The van der Waals surface area contributed by atoms with Crippen LogP contribution in [0.4, 0.5) is 5.69 Å². The molecular weight excluding hydrogens is 590 g/mol. The highest BCUT2D eigenvalue weighted by molar-refractivity contribution is 9.10. The molecule has 9 heteroatoms. The van der Waals surface area contributed by atoms with E-state index in [0.29, 0.717) is 36.2 Å². The van der Waals surface area contributed by atoms with E-state index in [4.69, 9.17) is 20.8 Å². The predicted molar refractivity (Wildman–Crippen MR) is 137 cm³/mol. The molecule has 1 aromatic heterocycles. The number of benzene rings is 3. The molecule has 6 nitrogen and oxygen atoms in total. The summed E-state index contributed by atoms with van der Waals surface area (Å²) in [7, 11) is 1.43. The Morgan fingerprint density at radius 3 is 2.56 bits per heavy atom. The first-order chi connectivity index (χ1) is 16.2. The van der Waals surface area contributed by atoms with Gasteiger partial charge in [-0.15, -0.1) is 0 Å². The summed E-state index contributed by atoms with van der Waals surface area (Å²) in [4.78, 5) is 28.9. The lowest BCUT2D eigenvalue weighted by atomic mass is 9.97. The van der Waals surface area contributed by atoms with Crippen molar-refractivity contribution < 1.29 is 19.1 Å². The van der Waals surface area contributed by atoms with Gasteiger partial charge in [0.15, 0.2) is 16.9 Å². The van der Waals surface area contributed by atoms with E-state index >= 15 is 0 Å². The second-order valence-corrected chi connectivity index (χ2v) is 10.1. The van der Waals surface area contributed by atoms with E-state index in [1.54, 1.807) is 48.5 Å². The molecule has 0 bridgehead atoms. The number of aromatic hydroxyl groups is 1. The van der Waals surface area contributed by atoms with Crippen LogP contribution in [0.3, 0.4) is 0 Å². The highest BCUT2D eigenvalue weighted by Crippen LogP contribution is 2.45. The molecule has 1 aliphatic rings. The van der Waals surface area contributed by atoms with Gasteiger partial charge in [0, 0.05) is 15.2 Å². The molecule has 5 rings (SSSR count). The lowest BCUT2D eigenvalue weighted by molar-refractivity contribution is 0.0971. The molecule has 34 heavy (non-hydrogen) atoms. The van der Waals surface area contributed by atoms with Gasteiger partial charge in [-0.2, -0.15) is 0 Å². The summed E-state index contributed by atoms with van der Waals surface area (Å²) in [6.45, 7) is 1.86. The van der Waals surface area contributed by atoms with Gasteiger partial charge in [-0.1, -0.05) is 33.6 Å². The Balaban J connectivity index is 1.85. The largest absolute Gasteiger partial charge is 0.503 e. The number of anilines is 1. The average molecular weight is 606 g/mol. The number of ether oxygens (including phenoxy) is 1. The van der Waals surface area contributed by atoms with Gasteiger partial charge < -0.3 is 14.3 Å². The first-order valence-electron chi connectivity index (χ1n) is 10.1. The lowest BCUT2D eigenvalue weighted by Crippen LogP contribution is -2.29. The van der Waals surface area contributed by atoms with Gasteiger partial charge >= 0.3 is 0 Å². The standard InChI is InChI=1S/C25H16Br2ClNO5/c1-11-3-5-14(10-17(11)28)29-21(12-7-16(27)23(31)19(8-12)33-2)20-22(30)15-9-13(26)4-6-18(15)34-24(20)25(29)32/h3-10,21,31H,1-2H3. The number of amides is 1. The maximum Gasteiger partial charge on any atom is 0.295 e. The van der Waals surface area contributed by atoms with Crippen LogP contribution in [0.25, 0.3) is 11.0 Å². The van der Waals surface area contributed by atoms with Crippen LogP contribution in [0.5, 0.6) is 11.5 Å². The molecule has 0 spiro atoms. The number of aryl methyl sites for hydroxylation is 1. The molecular formula is C25H16Br2ClNO5. The third kappa shape index (κ3) is 3.52. The van der Waals surface area contributed by atoms with Gasteiger partial charge in [-0.25, -0.2) is 0 Å². The van der Waals surface area contributed by atoms with E-state index in [-0.39, 0.29) is 28.3 Å². The molecule has 1 atom stereocenters. The zero-order valence-corrected chi connectivity index (χ0v) is 21.8. The molecule has 0 radical (unpaired) electrons. The summed E-state index contributed by atoms with van der Waals surface area (Å²) < 4.78 is 12.4. The van der Waals surface area contributed by atoms with Gasteiger partial charge in [-0.3, -0.25) is 14.5 Å². The quantitative estimate of drug-likeness (QED) is 0.280. The molecule has 3 aromatic carbocycles. The number of carbonyl (C=O) groups excluding carboxylic acids is 1. The maximum atomic E-state index is 13.7. The smallest absolute Gasteiger partial charge is 0.295 e. The summed E-state index contributed by atoms with van der Waals surface area (Å²) in [5, 5.41) is 11.2. The van der Waals surface area contributed by atoms with Crippen molar-refractivity contribution in [3.05, 3.63) is 95.2 Å². The summed E-state index contributed by atoms with van der Waals surface area (Å²) in [6.07, 6.45) is 0. The molecule has 0 saturated heterocycles. The van der Waals surface area contributed by atoms with Crippen molar-refractivity contribution in [2.45, 2.75) is 13.0 Å². The van der Waals surface area contributed by atoms with Crippen LogP contribution < -0.4 is 15.1 Å². The second-order valence-electron chi connectivity index (χ2n) is 7.88. The third-order valence-electron chi connectivity index (χ3n) is 5.85. The van der Waals surface area contributed by atoms with Crippen LogP contribution >= 0.6 is 43.5 Å². The molecule has 0 fully saturated rings. The number of rotatable bonds is 3. The van der Waals surface area contributed by atoms with Crippen LogP contribution in [-0.4, -0.2) is 18.1 Å². The Morgan fingerprint density at radius 1 is 1.09 bits per heavy atom. The van der Waals surface area contributed by atoms with E-state index < -0.39 is 11.9 Å². The van der Waals surface area contributed by atoms with Crippen molar-refractivity contribution in [2.75, 3.05) is 12.0 Å². The zero-order valence-electron chi connectivity index (χ0n) is 17.9. The number of methoxy groups -OCH3 is 1. The minimum atomic E-state index is -0.841. The summed E-state index contributed by atoms with van der Waals surface area (Å²) in [5.41, 5.74) is 2.10. The first kappa shape index (κ1) is 23.0.